The van der Waals surface area contributed by atoms with Crippen molar-refractivity contribution in [2.45, 2.75) is 25.7 Å². The Balaban J connectivity index is 2.78. The molecule has 8 heteroatoms. The third-order valence-corrected chi connectivity index (χ3v) is 9.88. The van der Waals surface area contributed by atoms with Gasteiger partial charge >= 0.3 is 0 Å². The maximum atomic E-state index is 5.45. The summed E-state index contributed by atoms with van der Waals surface area (Å²) in [6.07, 6.45) is 5.27. The molecule has 0 fully saturated rings. The first kappa shape index (κ1) is 16.7. The van der Waals surface area contributed by atoms with Crippen molar-refractivity contribution in [1.82, 2.24) is 0 Å². The number of halogens is 2. The fourth-order valence-electron chi connectivity index (χ4n) is 0.780. The van der Waals surface area contributed by atoms with Gasteiger partial charge in [0.15, 0.2) is 0 Å². The van der Waals surface area contributed by atoms with Gasteiger partial charge in [-0.05, 0) is 53.9 Å². The van der Waals surface area contributed by atoms with Gasteiger partial charge in [-0.25, -0.2) is 0 Å². The van der Waals surface area contributed by atoms with E-state index in [-0.39, 0.29) is 0 Å². The van der Waals surface area contributed by atoms with E-state index in [1.807, 2.05) is 21.6 Å². The largest absolute Gasteiger partial charge is 0.0814 e. The molecule has 0 aliphatic carbocycles. The Kier molecular flexibility index (Phi) is 18.7. The second-order valence-electron chi connectivity index (χ2n) is 2.32. The first-order valence-corrected chi connectivity index (χ1v) is 13.0. The summed E-state index contributed by atoms with van der Waals surface area (Å²) in [7, 11) is 20.5. The van der Waals surface area contributed by atoms with Crippen molar-refractivity contribution in [2.75, 3.05) is 11.5 Å². The smallest absolute Gasteiger partial charge is 0.0253 e. The highest BCUT2D eigenvalue weighted by molar-refractivity contribution is 9.13. The summed E-state index contributed by atoms with van der Waals surface area (Å²) in [4.78, 5) is 0. The maximum absolute atomic E-state index is 5.45. The first-order valence-electron chi connectivity index (χ1n) is 4.05. The third-order valence-electron chi connectivity index (χ3n) is 1.35. The van der Waals surface area contributed by atoms with Gasteiger partial charge in [0.05, 0.1) is 0 Å². The standard InChI is InChI=1S/C6H12Cl2S6/c7-11-13-9-5-3-1-2-4-6-10-14-12-8/h1-6H2. The van der Waals surface area contributed by atoms with Gasteiger partial charge in [-0.2, -0.15) is 0 Å². The monoisotopic (exact) mass is 346 g/mol. The van der Waals surface area contributed by atoms with Crippen LogP contribution in [0.1, 0.15) is 25.7 Å². The fraction of sp³-hybridized carbons (Fsp3) is 1.00. The molecule has 14 heavy (non-hydrogen) atoms. The Hall–Kier alpha value is 2.68. The number of hydrogen-bond acceptors (Lipinski definition) is 6. The summed E-state index contributed by atoms with van der Waals surface area (Å²) in [5.41, 5.74) is 0. The SMILES string of the molecule is ClSSSCCCCCCSSSCl. The Morgan fingerprint density at radius 2 is 1.07 bits per heavy atom. The molecule has 0 N–H and O–H groups in total. The molecular weight excluding hydrogens is 335 g/mol. The van der Waals surface area contributed by atoms with Gasteiger partial charge in [-0.3, -0.25) is 0 Å². The minimum Gasteiger partial charge on any atom is -0.0814 e. The molecule has 0 unspecified atom stereocenters. The van der Waals surface area contributed by atoms with Crippen molar-refractivity contribution in [3.8, 4) is 0 Å². The van der Waals surface area contributed by atoms with Crippen LogP contribution in [0.3, 0.4) is 0 Å². The first-order chi connectivity index (χ1) is 6.91. The van der Waals surface area contributed by atoms with Gasteiger partial charge < -0.3 is 0 Å². The molecule has 0 heterocycles. The van der Waals surface area contributed by atoms with E-state index in [0.29, 0.717) is 0 Å². The van der Waals surface area contributed by atoms with Gasteiger partial charge in [0.1, 0.15) is 0 Å². The molecule has 0 spiro atoms. The molecule has 0 aromatic carbocycles. The Morgan fingerprint density at radius 3 is 1.43 bits per heavy atom. The summed E-state index contributed by atoms with van der Waals surface area (Å²) in [6.45, 7) is 0. The zero-order chi connectivity index (χ0) is 10.5. The van der Waals surface area contributed by atoms with Crippen LogP contribution in [0.4, 0.5) is 0 Å². The molecule has 0 radical (unpaired) electrons. The minimum atomic E-state index is 1.21. The predicted octanol–water partition coefficient (Wildman–Crippen LogP) is 6.91. The lowest BCUT2D eigenvalue weighted by Gasteiger charge is -1.99. The summed E-state index contributed by atoms with van der Waals surface area (Å²) >= 11 is 0. The summed E-state index contributed by atoms with van der Waals surface area (Å²) in [5.74, 6) is 2.42. The molecule has 0 rings (SSSR count). The van der Waals surface area contributed by atoms with Gasteiger partial charge in [0.2, 0.25) is 0 Å². The molecule has 0 saturated carbocycles. The van der Waals surface area contributed by atoms with E-state index in [1.54, 1.807) is 19.7 Å². The normalized spacial score (nSPS) is 10.7. The summed E-state index contributed by atoms with van der Waals surface area (Å²) in [5, 5.41) is 0. The lowest BCUT2D eigenvalue weighted by Crippen LogP contribution is -1.81. The molecule has 0 amide bonds. The molecule has 86 valence electrons. The van der Waals surface area contributed by atoms with Crippen molar-refractivity contribution in [1.29, 1.82) is 0 Å². The van der Waals surface area contributed by atoms with Gasteiger partial charge in [-0.15, -0.1) is 0 Å². The van der Waals surface area contributed by atoms with Crippen molar-refractivity contribution in [3.63, 3.8) is 0 Å². The molecule has 0 saturated heterocycles. The average molecular weight is 347 g/mol. The average Bonchev–Trinajstić information content (AvgIpc) is 2.21. The second-order valence-corrected chi connectivity index (χ2v) is 11.8. The summed E-state index contributed by atoms with van der Waals surface area (Å²) in [6, 6.07) is 0. The van der Waals surface area contributed by atoms with Crippen LogP contribution in [0.2, 0.25) is 0 Å². The van der Waals surface area contributed by atoms with Crippen LogP contribution in [0.15, 0.2) is 0 Å². The van der Waals surface area contributed by atoms with Gasteiger partial charge in [0, 0.05) is 31.5 Å². The van der Waals surface area contributed by atoms with Crippen LogP contribution in [0, 0.1) is 0 Å². The minimum absolute atomic E-state index is 1.21. The van der Waals surface area contributed by atoms with Crippen LogP contribution in [-0.4, -0.2) is 11.5 Å². The zero-order valence-electron chi connectivity index (χ0n) is 7.45. The Bertz CT molecular complexity index is 94.3. The molecule has 0 aliphatic rings. The van der Waals surface area contributed by atoms with E-state index < -0.39 is 0 Å². The molecule has 0 aliphatic heterocycles. The topological polar surface area (TPSA) is 0 Å². The lowest BCUT2D eigenvalue weighted by atomic mass is 10.2. The fourth-order valence-corrected chi connectivity index (χ4v) is 6.81. The summed E-state index contributed by atoms with van der Waals surface area (Å²) < 4.78 is 0. The van der Waals surface area contributed by atoms with E-state index >= 15 is 0 Å². The van der Waals surface area contributed by atoms with Crippen LogP contribution in [-0.2, 0) is 0 Å². The molecule has 0 bridgehead atoms. The van der Waals surface area contributed by atoms with Crippen LogP contribution >= 0.6 is 82.6 Å². The van der Waals surface area contributed by atoms with Crippen molar-refractivity contribution >= 4 is 82.6 Å². The second kappa shape index (κ2) is 15.7. The highest BCUT2D eigenvalue weighted by Crippen LogP contribution is 2.38. The number of hydrogen-bond donors (Lipinski definition) is 0. The van der Waals surface area contributed by atoms with E-state index in [9.17, 15) is 0 Å². The molecule has 0 atom stereocenters. The van der Waals surface area contributed by atoms with E-state index in [2.05, 4.69) is 0 Å². The number of unbranched alkanes of at least 4 members (excludes halogenated alkanes) is 3. The van der Waals surface area contributed by atoms with Crippen LogP contribution in [0.5, 0.6) is 0 Å². The molecule has 0 aromatic rings. The van der Waals surface area contributed by atoms with Crippen LogP contribution < -0.4 is 0 Å². The van der Waals surface area contributed by atoms with Gasteiger partial charge in [0.25, 0.3) is 0 Å². The zero-order valence-corrected chi connectivity index (χ0v) is 13.9. The predicted molar refractivity (Wildman–Crippen MR) is 85.5 cm³/mol. The highest BCUT2D eigenvalue weighted by atomic mass is 35.8. The maximum Gasteiger partial charge on any atom is 0.0253 e. The molecular formula is C6H12Cl2S6. The number of rotatable bonds is 11. The highest BCUT2D eigenvalue weighted by Gasteiger charge is 1.93. The van der Waals surface area contributed by atoms with Crippen molar-refractivity contribution in [3.05, 3.63) is 0 Å². The quantitative estimate of drug-likeness (QED) is 0.292. The van der Waals surface area contributed by atoms with E-state index in [1.165, 1.54) is 57.2 Å². The van der Waals surface area contributed by atoms with E-state index in [0.717, 1.165) is 0 Å². The molecule has 0 aromatic heterocycles. The molecule has 0 nitrogen and oxygen atoms in total. The lowest BCUT2D eigenvalue weighted by molar-refractivity contribution is 0.712. The Labute approximate surface area is 119 Å². The van der Waals surface area contributed by atoms with Crippen molar-refractivity contribution in [2.24, 2.45) is 0 Å². The third kappa shape index (κ3) is 14.7. The van der Waals surface area contributed by atoms with E-state index in [4.69, 9.17) is 21.4 Å². The van der Waals surface area contributed by atoms with Crippen molar-refractivity contribution < 1.29 is 0 Å². The van der Waals surface area contributed by atoms with Gasteiger partial charge in [-0.1, -0.05) is 34.4 Å². The Morgan fingerprint density at radius 1 is 0.643 bits per heavy atom. The van der Waals surface area contributed by atoms with Crippen LogP contribution in [0.25, 0.3) is 0 Å².